The molecular weight excluding hydrogens is 252 g/mol. The zero-order valence-electron chi connectivity index (χ0n) is 13.1. The molecule has 0 aromatic heterocycles. The van der Waals surface area contributed by atoms with Gasteiger partial charge in [-0.3, -0.25) is 0 Å². The molecule has 1 aromatic carbocycles. The number of alkyl carbamates (subject to hydrolysis) is 1. The number of hydrogen-bond donors (Lipinski definition) is 2. The first-order valence-corrected chi connectivity index (χ1v) is 7.09. The van der Waals surface area contributed by atoms with Gasteiger partial charge in [-0.25, -0.2) is 4.79 Å². The van der Waals surface area contributed by atoms with E-state index in [1.807, 2.05) is 32.9 Å². The summed E-state index contributed by atoms with van der Waals surface area (Å²) < 4.78 is 5.17. The van der Waals surface area contributed by atoms with Gasteiger partial charge in [-0.05, 0) is 38.3 Å². The van der Waals surface area contributed by atoms with Crippen LogP contribution in [0.1, 0.15) is 46.1 Å². The zero-order chi connectivity index (χ0) is 15.2. The van der Waals surface area contributed by atoms with Crippen LogP contribution in [0.15, 0.2) is 24.3 Å². The Labute approximate surface area is 121 Å². The van der Waals surface area contributed by atoms with Crippen LogP contribution in [0.4, 0.5) is 10.5 Å². The van der Waals surface area contributed by atoms with E-state index in [-0.39, 0.29) is 6.09 Å². The van der Waals surface area contributed by atoms with Crippen molar-refractivity contribution in [3.05, 3.63) is 29.8 Å². The fraction of sp³-hybridized carbons (Fsp3) is 0.562. The molecule has 112 valence electrons. The van der Waals surface area contributed by atoms with Crippen molar-refractivity contribution >= 4 is 11.8 Å². The quantitative estimate of drug-likeness (QED) is 0.807. The molecule has 0 bridgehead atoms. The summed E-state index contributed by atoms with van der Waals surface area (Å²) in [5, 5.41) is 6.08. The number of nitrogens with one attached hydrogen (secondary N) is 2. The Kier molecular flexibility index (Phi) is 5.86. The molecule has 0 saturated carbocycles. The molecular formula is C16H26N2O2. The minimum absolute atomic E-state index is 0.378. The van der Waals surface area contributed by atoms with Gasteiger partial charge in [0.15, 0.2) is 0 Å². The van der Waals surface area contributed by atoms with Crippen molar-refractivity contribution in [1.29, 1.82) is 0 Å². The topological polar surface area (TPSA) is 50.4 Å². The van der Waals surface area contributed by atoms with E-state index in [1.54, 1.807) is 0 Å². The summed E-state index contributed by atoms with van der Waals surface area (Å²) in [6.45, 7) is 11.1. The molecule has 4 heteroatoms. The molecule has 0 saturated heterocycles. The molecule has 0 unspecified atom stereocenters. The number of rotatable bonds is 5. The van der Waals surface area contributed by atoms with E-state index < -0.39 is 5.60 Å². The summed E-state index contributed by atoms with van der Waals surface area (Å²) in [5.41, 5.74) is 1.94. The highest BCUT2D eigenvalue weighted by Gasteiger charge is 2.15. The third-order valence-electron chi connectivity index (χ3n) is 2.69. The number of hydrogen-bond acceptors (Lipinski definition) is 3. The molecule has 0 heterocycles. The molecule has 1 aromatic rings. The van der Waals surface area contributed by atoms with Crippen LogP contribution in [0.3, 0.4) is 0 Å². The first-order valence-electron chi connectivity index (χ1n) is 7.09. The first kappa shape index (κ1) is 16.3. The molecule has 0 spiro atoms. The smallest absolute Gasteiger partial charge is 0.407 e. The van der Waals surface area contributed by atoms with E-state index in [2.05, 4.69) is 36.6 Å². The lowest BCUT2D eigenvalue weighted by Gasteiger charge is -2.20. The summed E-state index contributed by atoms with van der Waals surface area (Å²) in [4.78, 5) is 11.5. The third kappa shape index (κ3) is 5.95. The molecule has 20 heavy (non-hydrogen) atoms. The van der Waals surface area contributed by atoms with Crippen LogP contribution in [-0.2, 0) is 4.74 Å². The molecule has 0 radical (unpaired) electrons. The van der Waals surface area contributed by atoms with Crippen LogP contribution in [0.25, 0.3) is 0 Å². The number of amides is 1. The normalized spacial score (nSPS) is 11.3. The molecule has 1 rings (SSSR count). The van der Waals surface area contributed by atoms with Gasteiger partial charge in [-0.2, -0.15) is 0 Å². The van der Waals surface area contributed by atoms with E-state index >= 15 is 0 Å². The monoisotopic (exact) mass is 278 g/mol. The highest BCUT2D eigenvalue weighted by Crippen LogP contribution is 2.23. The van der Waals surface area contributed by atoms with E-state index in [0.29, 0.717) is 19.0 Å². The summed E-state index contributed by atoms with van der Waals surface area (Å²) in [5.74, 6) is 0.470. The molecule has 4 nitrogen and oxygen atoms in total. The van der Waals surface area contributed by atoms with E-state index in [9.17, 15) is 4.79 Å². The standard InChI is InChI=1S/C16H26N2O2/c1-12(2)13-8-6-7-9-14(13)17-10-11-18-15(19)20-16(3,4)5/h6-9,12,17H,10-11H2,1-5H3,(H,18,19). The Balaban J connectivity index is 2.37. The van der Waals surface area contributed by atoms with Gasteiger partial charge in [0, 0.05) is 18.8 Å². The van der Waals surface area contributed by atoms with E-state index in [1.165, 1.54) is 5.56 Å². The maximum atomic E-state index is 11.5. The van der Waals surface area contributed by atoms with Crippen LogP contribution < -0.4 is 10.6 Å². The average Bonchev–Trinajstić information content (AvgIpc) is 2.33. The predicted molar refractivity (Wildman–Crippen MR) is 83.3 cm³/mol. The Morgan fingerprint density at radius 1 is 1.20 bits per heavy atom. The SMILES string of the molecule is CC(C)c1ccccc1NCCNC(=O)OC(C)(C)C. The Bertz CT molecular complexity index is 436. The number of carbonyl (C=O) groups is 1. The van der Waals surface area contributed by atoms with Crippen molar-refractivity contribution in [1.82, 2.24) is 5.32 Å². The lowest BCUT2D eigenvalue weighted by Crippen LogP contribution is -2.35. The van der Waals surface area contributed by atoms with Crippen LogP contribution >= 0.6 is 0 Å². The minimum Gasteiger partial charge on any atom is -0.444 e. The second-order valence-corrected chi connectivity index (χ2v) is 6.10. The number of carbonyl (C=O) groups excluding carboxylic acids is 1. The Hall–Kier alpha value is -1.71. The second kappa shape index (κ2) is 7.17. The van der Waals surface area contributed by atoms with Crippen molar-refractivity contribution in [3.63, 3.8) is 0 Å². The van der Waals surface area contributed by atoms with Crippen LogP contribution in [-0.4, -0.2) is 24.8 Å². The van der Waals surface area contributed by atoms with Crippen molar-refractivity contribution in [2.24, 2.45) is 0 Å². The zero-order valence-corrected chi connectivity index (χ0v) is 13.1. The first-order chi connectivity index (χ1) is 9.29. The Morgan fingerprint density at radius 2 is 1.85 bits per heavy atom. The summed E-state index contributed by atoms with van der Waals surface area (Å²) in [7, 11) is 0. The van der Waals surface area contributed by atoms with Gasteiger partial charge in [0.2, 0.25) is 0 Å². The van der Waals surface area contributed by atoms with Gasteiger partial charge >= 0.3 is 6.09 Å². The van der Waals surface area contributed by atoms with Gasteiger partial charge in [-0.1, -0.05) is 32.0 Å². The predicted octanol–water partition coefficient (Wildman–Crippen LogP) is 3.75. The van der Waals surface area contributed by atoms with Gasteiger partial charge < -0.3 is 15.4 Å². The maximum absolute atomic E-state index is 11.5. The summed E-state index contributed by atoms with van der Waals surface area (Å²) >= 11 is 0. The van der Waals surface area contributed by atoms with E-state index in [0.717, 1.165) is 5.69 Å². The molecule has 0 aliphatic carbocycles. The summed E-state index contributed by atoms with van der Waals surface area (Å²) in [6, 6.07) is 8.23. The lowest BCUT2D eigenvalue weighted by molar-refractivity contribution is 0.0530. The molecule has 0 fully saturated rings. The average molecular weight is 278 g/mol. The molecule has 1 amide bonds. The fourth-order valence-electron chi connectivity index (χ4n) is 1.84. The van der Waals surface area contributed by atoms with E-state index in [4.69, 9.17) is 4.74 Å². The molecule has 0 aliphatic heterocycles. The van der Waals surface area contributed by atoms with Gasteiger partial charge in [-0.15, -0.1) is 0 Å². The van der Waals surface area contributed by atoms with Crippen LogP contribution in [0.5, 0.6) is 0 Å². The van der Waals surface area contributed by atoms with Crippen molar-refractivity contribution < 1.29 is 9.53 Å². The van der Waals surface area contributed by atoms with Crippen LogP contribution in [0.2, 0.25) is 0 Å². The third-order valence-corrected chi connectivity index (χ3v) is 2.69. The molecule has 2 N–H and O–H groups in total. The number of anilines is 1. The van der Waals surface area contributed by atoms with Crippen LogP contribution in [0, 0.1) is 0 Å². The molecule has 0 atom stereocenters. The Morgan fingerprint density at radius 3 is 2.45 bits per heavy atom. The molecule has 0 aliphatic rings. The second-order valence-electron chi connectivity index (χ2n) is 6.10. The lowest BCUT2D eigenvalue weighted by atomic mass is 10.0. The number of benzene rings is 1. The van der Waals surface area contributed by atoms with Crippen molar-refractivity contribution in [2.75, 3.05) is 18.4 Å². The van der Waals surface area contributed by atoms with Gasteiger partial charge in [0.25, 0.3) is 0 Å². The maximum Gasteiger partial charge on any atom is 0.407 e. The van der Waals surface area contributed by atoms with Crippen molar-refractivity contribution in [2.45, 2.75) is 46.1 Å². The van der Waals surface area contributed by atoms with Gasteiger partial charge in [0.1, 0.15) is 5.60 Å². The summed E-state index contributed by atoms with van der Waals surface area (Å²) in [6.07, 6.45) is -0.378. The minimum atomic E-state index is -0.457. The highest BCUT2D eigenvalue weighted by atomic mass is 16.6. The van der Waals surface area contributed by atoms with Gasteiger partial charge in [0.05, 0.1) is 0 Å². The highest BCUT2D eigenvalue weighted by molar-refractivity contribution is 5.67. The number of ether oxygens (including phenoxy) is 1. The fourth-order valence-corrected chi connectivity index (χ4v) is 1.84. The number of para-hydroxylation sites is 1. The largest absolute Gasteiger partial charge is 0.444 e. The van der Waals surface area contributed by atoms with Crippen molar-refractivity contribution in [3.8, 4) is 0 Å².